The largest absolute Gasteiger partial charge is 0.453 e. The van der Waals surface area contributed by atoms with Crippen LogP contribution in [0.15, 0.2) is 118 Å². The first-order valence-corrected chi connectivity index (χ1v) is 23.0. The number of aryl methyl sites for hydroxylation is 2. The minimum Gasteiger partial charge on any atom is -0.453 e. The molecule has 2 heterocycles. The molecule has 2 aromatic heterocycles. The lowest BCUT2D eigenvalue weighted by atomic mass is 9.82. The van der Waals surface area contributed by atoms with Crippen LogP contribution >= 0.6 is 0 Å². The number of aromatic nitrogens is 4. The van der Waals surface area contributed by atoms with Crippen molar-refractivity contribution in [2.24, 2.45) is 0 Å². The van der Waals surface area contributed by atoms with Crippen LogP contribution in [-0.2, 0) is 31.9 Å². The number of nitrogens with zero attached hydrogens (tertiary/aromatic N) is 6. The highest BCUT2D eigenvalue weighted by Gasteiger charge is 2.40. The Bertz CT molecular complexity index is 2330. The summed E-state index contributed by atoms with van der Waals surface area (Å²) in [6, 6.07) is 31.2. The van der Waals surface area contributed by atoms with Crippen LogP contribution in [0.3, 0.4) is 0 Å². The molecule has 0 radical (unpaired) electrons. The number of ether oxygens (including phenoxy) is 2. The van der Waals surface area contributed by atoms with Gasteiger partial charge in [-0.15, -0.1) is 0 Å². The maximum Gasteiger partial charge on any atom is 0.331 e. The third kappa shape index (κ3) is 9.78. The van der Waals surface area contributed by atoms with Crippen LogP contribution in [-0.4, -0.2) is 80.3 Å². The van der Waals surface area contributed by atoms with Crippen molar-refractivity contribution in [1.82, 2.24) is 30.1 Å². The minimum absolute atomic E-state index is 0.109. The molecule has 0 saturated carbocycles. The second-order valence-electron chi connectivity index (χ2n) is 16.7. The third-order valence-electron chi connectivity index (χ3n) is 12.3. The monoisotopic (exact) mass is 862 g/mol. The van der Waals surface area contributed by atoms with Gasteiger partial charge in [-0.05, 0) is 101 Å². The Morgan fingerprint density at radius 3 is 1.33 bits per heavy atom. The Morgan fingerprint density at radius 2 is 0.953 bits per heavy atom. The summed E-state index contributed by atoms with van der Waals surface area (Å²) in [5.41, 5.74) is 6.94. The van der Waals surface area contributed by atoms with Crippen LogP contribution in [0, 0.1) is 0 Å². The Labute approximate surface area is 375 Å². The summed E-state index contributed by atoms with van der Waals surface area (Å²) in [6.45, 7) is 12.0. The first-order valence-electron chi connectivity index (χ1n) is 23.0. The molecule has 0 fully saturated rings. The Hall–Kier alpha value is -6.24. The topological polar surface area (TPSA) is 137 Å². The minimum atomic E-state index is -0.665. The number of esters is 2. The molecule has 2 aliphatic carbocycles. The molecule has 0 saturated heterocycles. The van der Waals surface area contributed by atoms with Gasteiger partial charge in [0.2, 0.25) is 11.6 Å². The van der Waals surface area contributed by atoms with Crippen molar-refractivity contribution in [2.45, 2.75) is 103 Å². The summed E-state index contributed by atoms with van der Waals surface area (Å²) < 4.78 is 24.8. The van der Waals surface area contributed by atoms with E-state index < -0.39 is 24.1 Å². The van der Waals surface area contributed by atoms with Gasteiger partial charge >= 0.3 is 11.9 Å². The van der Waals surface area contributed by atoms with Gasteiger partial charge in [-0.1, -0.05) is 123 Å². The Morgan fingerprint density at radius 1 is 0.562 bits per heavy atom. The fraction of sp³-hybridized carbons (Fsp3) is 0.385. The van der Waals surface area contributed by atoms with E-state index in [1.165, 1.54) is 12.2 Å². The fourth-order valence-corrected chi connectivity index (χ4v) is 9.60. The molecule has 8 rings (SSSR count). The number of rotatable bonds is 18. The summed E-state index contributed by atoms with van der Waals surface area (Å²) in [5.74, 6) is 0.381. The summed E-state index contributed by atoms with van der Waals surface area (Å²) in [5, 5.41) is 8.63. The van der Waals surface area contributed by atoms with Gasteiger partial charge in [0, 0.05) is 45.5 Å². The molecule has 2 aliphatic rings. The van der Waals surface area contributed by atoms with E-state index in [4.69, 9.17) is 28.5 Å². The van der Waals surface area contributed by atoms with Crippen LogP contribution in [0.1, 0.15) is 101 Å². The SMILES string of the molecule is CCCN(CCC)C1CCc2cccc(-c3nc(-c4ccccc4)no3)c2C1OC(=O)/C=C\C(=O)OC1c2c(cccc2-c2nc(-c3ccccc3)no2)CCC1N(CCC)CCC. The van der Waals surface area contributed by atoms with Crippen molar-refractivity contribution in [2.75, 3.05) is 26.2 Å². The number of carbonyl (C=O) groups is 2. The van der Waals surface area contributed by atoms with E-state index in [1.807, 2.05) is 84.9 Å². The average molecular weight is 863 g/mol. The van der Waals surface area contributed by atoms with Crippen LogP contribution in [0.25, 0.3) is 45.7 Å². The van der Waals surface area contributed by atoms with Crippen molar-refractivity contribution in [3.8, 4) is 45.7 Å². The summed E-state index contributed by atoms with van der Waals surface area (Å²) in [6.07, 6.45) is 8.04. The first-order chi connectivity index (χ1) is 31.4. The van der Waals surface area contributed by atoms with Crippen LogP contribution in [0.5, 0.6) is 0 Å². The van der Waals surface area contributed by atoms with Crippen molar-refractivity contribution >= 4 is 11.9 Å². The molecule has 12 heteroatoms. The number of fused-ring (bicyclic) bond motifs is 2. The molecule has 6 aromatic rings. The molecule has 12 nitrogen and oxygen atoms in total. The first kappa shape index (κ1) is 44.4. The maximum absolute atomic E-state index is 14.1. The number of benzene rings is 4. The summed E-state index contributed by atoms with van der Waals surface area (Å²) >= 11 is 0. The molecule has 64 heavy (non-hydrogen) atoms. The van der Waals surface area contributed by atoms with Crippen LogP contribution in [0.2, 0.25) is 0 Å². The average Bonchev–Trinajstić information content (AvgIpc) is 4.03. The molecule has 0 aliphatic heterocycles. The second kappa shape index (κ2) is 21.0. The molecule has 0 spiro atoms. The van der Waals surface area contributed by atoms with Gasteiger partial charge in [-0.3, -0.25) is 9.80 Å². The molecule has 0 amide bonds. The quantitative estimate of drug-likeness (QED) is 0.0601. The number of hydrogen-bond acceptors (Lipinski definition) is 12. The second-order valence-corrected chi connectivity index (χ2v) is 16.7. The lowest BCUT2D eigenvalue weighted by Gasteiger charge is -2.41. The molecular formula is C52H58N6O6. The van der Waals surface area contributed by atoms with Crippen molar-refractivity contribution in [3.05, 3.63) is 131 Å². The van der Waals surface area contributed by atoms with E-state index in [1.54, 1.807) is 0 Å². The van der Waals surface area contributed by atoms with E-state index in [0.29, 0.717) is 23.4 Å². The molecule has 4 atom stereocenters. The smallest absolute Gasteiger partial charge is 0.331 e. The molecule has 332 valence electrons. The normalized spacial score (nSPS) is 18.3. The predicted octanol–water partition coefficient (Wildman–Crippen LogP) is 10.4. The molecule has 0 N–H and O–H groups in total. The van der Waals surface area contributed by atoms with Gasteiger partial charge in [0.25, 0.3) is 11.8 Å². The fourth-order valence-electron chi connectivity index (χ4n) is 9.60. The highest BCUT2D eigenvalue weighted by molar-refractivity contribution is 5.92. The zero-order chi connectivity index (χ0) is 44.4. The van der Waals surface area contributed by atoms with E-state index >= 15 is 0 Å². The van der Waals surface area contributed by atoms with Gasteiger partial charge < -0.3 is 18.5 Å². The van der Waals surface area contributed by atoms with Gasteiger partial charge in [-0.25, -0.2) is 9.59 Å². The standard InChI is InChI=1S/C52H58N6O6/c1-5-31-57(32-6-2)41-27-25-35-21-15-23-39(51-53-49(55-63-51)37-17-11-9-12-18-37)45(35)47(41)61-43(59)29-30-44(60)62-48-42(58(33-7-3)34-8-4)28-26-36-22-16-24-40(46(36)48)52-54-50(56-64-52)38-19-13-10-14-20-38/h9-24,29-30,41-42,47-48H,5-8,25-28,31-34H2,1-4H3/b30-29-. The van der Waals surface area contributed by atoms with Gasteiger partial charge in [-0.2, -0.15) is 9.97 Å². The van der Waals surface area contributed by atoms with Gasteiger partial charge in [0.05, 0.1) is 12.1 Å². The number of carbonyl (C=O) groups excluding carboxylic acids is 2. The van der Waals surface area contributed by atoms with Gasteiger partial charge in [0.15, 0.2) is 0 Å². The molecule has 4 aromatic carbocycles. The Balaban J connectivity index is 1.10. The molecule has 4 unspecified atom stereocenters. The highest BCUT2D eigenvalue weighted by atomic mass is 16.6. The summed E-state index contributed by atoms with van der Waals surface area (Å²) in [4.78, 5) is 42.7. The third-order valence-corrected chi connectivity index (χ3v) is 12.3. The zero-order valence-corrected chi connectivity index (χ0v) is 37.3. The van der Waals surface area contributed by atoms with E-state index in [-0.39, 0.29) is 12.1 Å². The number of hydrogen-bond donors (Lipinski definition) is 0. The van der Waals surface area contributed by atoms with Crippen molar-refractivity contribution in [1.29, 1.82) is 0 Å². The van der Waals surface area contributed by atoms with Crippen molar-refractivity contribution in [3.63, 3.8) is 0 Å². The van der Waals surface area contributed by atoms with Gasteiger partial charge in [0.1, 0.15) is 12.2 Å². The highest BCUT2D eigenvalue weighted by Crippen LogP contribution is 2.44. The summed E-state index contributed by atoms with van der Waals surface area (Å²) in [7, 11) is 0. The Kier molecular flexibility index (Phi) is 14.5. The van der Waals surface area contributed by atoms with E-state index in [2.05, 4.69) is 59.9 Å². The molecule has 0 bridgehead atoms. The molecular weight excluding hydrogens is 805 g/mol. The van der Waals surface area contributed by atoms with Crippen LogP contribution in [0.4, 0.5) is 0 Å². The predicted molar refractivity (Wildman–Crippen MR) is 246 cm³/mol. The lowest BCUT2D eigenvalue weighted by molar-refractivity contribution is -0.150. The maximum atomic E-state index is 14.1. The van der Waals surface area contributed by atoms with E-state index in [0.717, 1.165) is 122 Å². The zero-order valence-electron chi connectivity index (χ0n) is 37.3. The van der Waals surface area contributed by atoms with E-state index in [9.17, 15) is 9.59 Å². The van der Waals surface area contributed by atoms with Crippen molar-refractivity contribution < 1.29 is 28.1 Å². The lowest BCUT2D eigenvalue weighted by Crippen LogP contribution is -2.45. The van der Waals surface area contributed by atoms with Crippen LogP contribution < -0.4 is 0 Å².